The van der Waals surface area contributed by atoms with E-state index in [0.717, 1.165) is 33.4 Å². The van der Waals surface area contributed by atoms with Crippen LogP contribution in [0.1, 0.15) is 16.7 Å². The van der Waals surface area contributed by atoms with Gasteiger partial charge in [-0.2, -0.15) is 0 Å². The van der Waals surface area contributed by atoms with Crippen LogP contribution in [-0.4, -0.2) is 5.11 Å². The van der Waals surface area contributed by atoms with Gasteiger partial charge in [-0.3, -0.25) is 0 Å². The molecule has 0 fully saturated rings. The third-order valence-corrected chi connectivity index (χ3v) is 4.58. The van der Waals surface area contributed by atoms with Gasteiger partial charge in [0.1, 0.15) is 5.75 Å². The first-order valence-corrected chi connectivity index (χ1v) is 7.83. The zero-order chi connectivity index (χ0) is 15.8. The number of rotatable bonds is 2. The molecule has 1 aliphatic heterocycles. The van der Waals surface area contributed by atoms with Crippen LogP contribution in [0.3, 0.4) is 0 Å². The molecule has 0 aliphatic carbocycles. The summed E-state index contributed by atoms with van der Waals surface area (Å²) in [7, 11) is 0. The van der Waals surface area contributed by atoms with Gasteiger partial charge in [0.25, 0.3) is 0 Å². The maximum atomic E-state index is 10.9. The van der Waals surface area contributed by atoms with Crippen molar-refractivity contribution in [1.82, 2.24) is 0 Å². The number of hydrogen-bond acceptors (Lipinski definition) is 2. The molecule has 1 N–H and O–H groups in total. The topological polar surface area (TPSA) is 29.5 Å². The van der Waals surface area contributed by atoms with Gasteiger partial charge in [0.15, 0.2) is 0 Å². The van der Waals surface area contributed by atoms with Crippen molar-refractivity contribution in [1.29, 1.82) is 0 Å². The van der Waals surface area contributed by atoms with Crippen LogP contribution in [0.25, 0.3) is 22.3 Å². The fourth-order valence-corrected chi connectivity index (χ4v) is 3.40. The van der Waals surface area contributed by atoms with Crippen LogP contribution in [0, 0.1) is 6.92 Å². The number of benzene rings is 3. The molecule has 0 unspecified atom stereocenters. The second-order valence-electron chi connectivity index (χ2n) is 5.91. The Morgan fingerprint density at radius 3 is 1.87 bits per heavy atom. The largest absolute Gasteiger partial charge is 0.507 e. The van der Waals surface area contributed by atoms with Gasteiger partial charge in [-0.05, 0) is 40.3 Å². The van der Waals surface area contributed by atoms with Crippen molar-refractivity contribution < 1.29 is 9.84 Å². The number of hydrogen-bond donors (Lipinski definition) is 1. The van der Waals surface area contributed by atoms with Gasteiger partial charge < -0.3 is 9.84 Å². The minimum Gasteiger partial charge on any atom is -0.507 e. The van der Waals surface area contributed by atoms with E-state index in [2.05, 4.69) is 12.1 Å². The summed E-state index contributed by atoms with van der Waals surface area (Å²) in [6.45, 7) is 3.15. The Balaban J connectivity index is 2.11. The van der Waals surface area contributed by atoms with Gasteiger partial charge in [-0.25, -0.2) is 0 Å². The molecule has 3 aromatic rings. The molecule has 23 heavy (non-hydrogen) atoms. The molecule has 0 saturated heterocycles. The Hall–Kier alpha value is -2.58. The molecule has 0 saturated carbocycles. The molecule has 0 radical (unpaired) electrons. The lowest BCUT2D eigenvalue weighted by atomic mass is 9.85. The number of aromatic hydroxyl groups is 1. The van der Waals surface area contributed by atoms with Crippen LogP contribution in [0.15, 0.2) is 60.7 Å². The van der Waals surface area contributed by atoms with Gasteiger partial charge in [-0.1, -0.05) is 60.7 Å². The zero-order valence-electron chi connectivity index (χ0n) is 13.0. The number of ether oxygens (including phenoxy) is 1. The Morgan fingerprint density at radius 1 is 0.739 bits per heavy atom. The van der Waals surface area contributed by atoms with Gasteiger partial charge in [0.05, 0.1) is 13.2 Å². The Bertz CT molecular complexity index is 852. The fraction of sp³-hybridized carbons (Fsp3) is 0.143. The van der Waals surface area contributed by atoms with E-state index in [4.69, 9.17) is 4.74 Å². The summed E-state index contributed by atoms with van der Waals surface area (Å²) < 4.78 is 5.69. The van der Waals surface area contributed by atoms with E-state index in [1.54, 1.807) is 0 Å². The van der Waals surface area contributed by atoms with E-state index >= 15 is 0 Å². The van der Waals surface area contributed by atoms with Crippen LogP contribution in [0.4, 0.5) is 0 Å². The van der Waals surface area contributed by atoms with Crippen LogP contribution < -0.4 is 0 Å². The van der Waals surface area contributed by atoms with Crippen molar-refractivity contribution in [2.45, 2.75) is 20.1 Å². The lowest BCUT2D eigenvalue weighted by Crippen LogP contribution is -1.97. The summed E-state index contributed by atoms with van der Waals surface area (Å²) in [4.78, 5) is 0. The molecule has 0 aromatic heterocycles. The van der Waals surface area contributed by atoms with Crippen LogP contribution in [-0.2, 0) is 18.0 Å². The Morgan fingerprint density at radius 2 is 1.26 bits per heavy atom. The van der Waals surface area contributed by atoms with E-state index in [9.17, 15) is 5.11 Å². The van der Waals surface area contributed by atoms with Crippen molar-refractivity contribution in [3.63, 3.8) is 0 Å². The molecule has 1 heterocycles. The quantitative estimate of drug-likeness (QED) is 0.716. The maximum Gasteiger partial charge on any atom is 0.127 e. The molecule has 3 aromatic carbocycles. The summed E-state index contributed by atoms with van der Waals surface area (Å²) in [6, 6.07) is 20.3. The highest BCUT2D eigenvalue weighted by molar-refractivity contribution is 5.91. The predicted molar refractivity (Wildman–Crippen MR) is 92.2 cm³/mol. The number of phenolic OH excluding ortho intramolecular Hbond substituents is 1. The first-order valence-electron chi connectivity index (χ1n) is 7.83. The molecule has 0 spiro atoms. The first-order chi connectivity index (χ1) is 11.3. The van der Waals surface area contributed by atoms with Gasteiger partial charge >= 0.3 is 0 Å². The number of fused-ring (bicyclic) bond motifs is 1. The second-order valence-corrected chi connectivity index (χ2v) is 5.91. The van der Waals surface area contributed by atoms with Crippen molar-refractivity contribution in [2.75, 3.05) is 0 Å². The van der Waals surface area contributed by atoms with E-state index in [1.165, 1.54) is 5.56 Å². The van der Waals surface area contributed by atoms with Gasteiger partial charge in [0, 0.05) is 5.56 Å². The fourth-order valence-electron chi connectivity index (χ4n) is 3.40. The SMILES string of the molecule is Cc1c(O)c(-c2ccccc2)c(-c2ccccc2)c2c1COC2. The minimum absolute atomic E-state index is 0.360. The van der Waals surface area contributed by atoms with Crippen molar-refractivity contribution in [2.24, 2.45) is 0 Å². The minimum atomic E-state index is 0.360. The highest BCUT2D eigenvalue weighted by Crippen LogP contribution is 2.47. The summed E-state index contributed by atoms with van der Waals surface area (Å²) in [5.41, 5.74) is 7.39. The standard InChI is InChI=1S/C21H18O2/c1-14-17-12-23-13-18(17)19(15-8-4-2-5-9-15)20(21(14)22)16-10-6-3-7-11-16/h2-11,22H,12-13H2,1H3. The highest BCUT2D eigenvalue weighted by Gasteiger charge is 2.26. The van der Waals surface area contributed by atoms with E-state index in [-0.39, 0.29) is 0 Å². The van der Waals surface area contributed by atoms with Crippen molar-refractivity contribution in [3.8, 4) is 28.0 Å². The maximum absolute atomic E-state index is 10.9. The van der Waals surface area contributed by atoms with Crippen molar-refractivity contribution in [3.05, 3.63) is 77.4 Å². The van der Waals surface area contributed by atoms with Crippen LogP contribution >= 0.6 is 0 Å². The average Bonchev–Trinajstić information content (AvgIpc) is 3.09. The monoisotopic (exact) mass is 302 g/mol. The molecule has 2 nitrogen and oxygen atoms in total. The summed E-state index contributed by atoms with van der Waals surface area (Å²) in [5, 5.41) is 10.9. The molecule has 114 valence electrons. The molecule has 1 aliphatic rings. The lowest BCUT2D eigenvalue weighted by molar-refractivity contribution is 0.134. The van der Waals surface area contributed by atoms with E-state index < -0.39 is 0 Å². The summed E-state index contributed by atoms with van der Waals surface area (Å²) >= 11 is 0. The first kappa shape index (κ1) is 14.0. The molecule has 4 rings (SSSR count). The molecule has 0 bridgehead atoms. The lowest BCUT2D eigenvalue weighted by Gasteiger charge is -2.19. The molecular weight excluding hydrogens is 284 g/mol. The van der Waals surface area contributed by atoms with E-state index in [1.807, 2.05) is 55.5 Å². The normalized spacial score (nSPS) is 13.1. The van der Waals surface area contributed by atoms with Gasteiger partial charge in [0.2, 0.25) is 0 Å². The summed E-state index contributed by atoms with van der Waals surface area (Å²) in [5.74, 6) is 0.360. The molecule has 2 heteroatoms. The van der Waals surface area contributed by atoms with Gasteiger partial charge in [-0.15, -0.1) is 0 Å². The summed E-state index contributed by atoms with van der Waals surface area (Å²) in [6.07, 6.45) is 0. The molecular formula is C21H18O2. The molecule has 0 amide bonds. The van der Waals surface area contributed by atoms with E-state index in [0.29, 0.717) is 19.0 Å². The predicted octanol–water partition coefficient (Wildman–Crippen LogP) is 5.06. The number of phenols is 1. The second kappa shape index (κ2) is 5.56. The smallest absolute Gasteiger partial charge is 0.127 e. The average molecular weight is 302 g/mol. The third kappa shape index (κ3) is 2.23. The Kier molecular flexibility index (Phi) is 3.40. The third-order valence-electron chi connectivity index (χ3n) is 4.58. The van der Waals surface area contributed by atoms with Crippen LogP contribution in [0.2, 0.25) is 0 Å². The Labute approximate surface area is 136 Å². The van der Waals surface area contributed by atoms with Crippen molar-refractivity contribution >= 4 is 0 Å². The molecule has 0 atom stereocenters. The van der Waals surface area contributed by atoms with Crippen LogP contribution in [0.5, 0.6) is 5.75 Å². The zero-order valence-corrected chi connectivity index (χ0v) is 13.0. The highest BCUT2D eigenvalue weighted by atomic mass is 16.5.